The van der Waals surface area contributed by atoms with E-state index < -0.39 is 0 Å². The maximum absolute atomic E-state index is 13.9. The van der Waals surface area contributed by atoms with Crippen molar-refractivity contribution in [1.82, 2.24) is 4.90 Å². The molecule has 19 heavy (non-hydrogen) atoms. The van der Waals surface area contributed by atoms with E-state index >= 15 is 0 Å². The van der Waals surface area contributed by atoms with Gasteiger partial charge in [0.15, 0.2) is 0 Å². The molecule has 2 N–H and O–H groups in total. The smallest absolute Gasteiger partial charge is 0.127 e. The van der Waals surface area contributed by atoms with Gasteiger partial charge in [-0.05, 0) is 33.4 Å². The highest BCUT2D eigenvalue weighted by molar-refractivity contribution is 5.21. The predicted molar refractivity (Wildman–Crippen MR) is 76.5 cm³/mol. The second kappa shape index (κ2) is 6.98. The van der Waals surface area contributed by atoms with E-state index in [1.807, 2.05) is 26.1 Å². The van der Waals surface area contributed by atoms with Gasteiger partial charge < -0.3 is 10.5 Å². The van der Waals surface area contributed by atoms with Crippen LogP contribution < -0.4 is 5.73 Å². The summed E-state index contributed by atoms with van der Waals surface area (Å²) in [5.74, 6) is -0.173. The quantitative estimate of drug-likeness (QED) is 0.826. The highest BCUT2D eigenvalue weighted by Crippen LogP contribution is 2.29. The standard InChI is InChI=1S/C15H25FN2O/c1-12(13-7-5-6-8-14(13)16)18(3)15(2,11-17)9-10-19-4/h5-8,12H,9-11,17H2,1-4H3. The first kappa shape index (κ1) is 16.1. The van der Waals surface area contributed by atoms with Crippen LogP contribution in [0.25, 0.3) is 0 Å². The van der Waals surface area contributed by atoms with Crippen LogP contribution in [0.15, 0.2) is 24.3 Å². The van der Waals surface area contributed by atoms with Gasteiger partial charge in [-0.15, -0.1) is 0 Å². The summed E-state index contributed by atoms with van der Waals surface area (Å²) >= 11 is 0. The van der Waals surface area contributed by atoms with Crippen LogP contribution in [0.4, 0.5) is 4.39 Å². The molecule has 0 aliphatic carbocycles. The maximum atomic E-state index is 13.9. The highest BCUT2D eigenvalue weighted by Gasteiger charge is 2.31. The Morgan fingerprint density at radius 1 is 1.42 bits per heavy atom. The lowest BCUT2D eigenvalue weighted by atomic mass is 9.93. The molecule has 0 aliphatic heterocycles. The van der Waals surface area contributed by atoms with E-state index in [0.29, 0.717) is 18.7 Å². The van der Waals surface area contributed by atoms with Crippen molar-refractivity contribution >= 4 is 0 Å². The van der Waals surface area contributed by atoms with Gasteiger partial charge in [0.05, 0.1) is 0 Å². The van der Waals surface area contributed by atoms with Crippen molar-refractivity contribution in [2.24, 2.45) is 5.73 Å². The molecule has 0 heterocycles. The van der Waals surface area contributed by atoms with Gasteiger partial charge in [0.2, 0.25) is 0 Å². The van der Waals surface area contributed by atoms with Crippen LogP contribution in [0.3, 0.4) is 0 Å². The molecule has 0 spiro atoms. The van der Waals surface area contributed by atoms with E-state index in [0.717, 1.165) is 6.42 Å². The predicted octanol–water partition coefficient (Wildman–Crippen LogP) is 2.57. The van der Waals surface area contributed by atoms with Gasteiger partial charge in [-0.25, -0.2) is 4.39 Å². The summed E-state index contributed by atoms with van der Waals surface area (Å²) < 4.78 is 19.0. The maximum Gasteiger partial charge on any atom is 0.127 e. The van der Waals surface area contributed by atoms with Crippen LogP contribution >= 0.6 is 0 Å². The second-order valence-corrected chi connectivity index (χ2v) is 5.25. The lowest BCUT2D eigenvalue weighted by Gasteiger charge is -2.42. The average molecular weight is 268 g/mol. The molecule has 108 valence electrons. The molecule has 1 aromatic carbocycles. The van der Waals surface area contributed by atoms with Crippen molar-refractivity contribution in [3.8, 4) is 0 Å². The Bertz CT molecular complexity index is 399. The van der Waals surface area contributed by atoms with Crippen LogP contribution in [0, 0.1) is 5.82 Å². The SMILES string of the molecule is COCCC(C)(CN)N(C)C(C)c1ccccc1F. The van der Waals surface area contributed by atoms with E-state index in [4.69, 9.17) is 10.5 Å². The molecule has 0 saturated carbocycles. The normalized spacial score (nSPS) is 16.4. The van der Waals surface area contributed by atoms with E-state index in [1.165, 1.54) is 6.07 Å². The first-order valence-corrected chi connectivity index (χ1v) is 6.62. The molecule has 1 aromatic rings. The number of benzene rings is 1. The Hall–Kier alpha value is -0.970. The van der Waals surface area contributed by atoms with Gasteiger partial charge in [0.25, 0.3) is 0 Å². The van der Waals surface area contributed by atoms with Crippen molar-refractivity contribution in [2.45, 2.75) is 31.8 Å². The van der Waals surface area contributed by atoms with Gasteiger partial charge in [0, 0.05) is 37.4 Å². The zero-order chi connectivity index (χ0) is 14.5. The summed E-state index contributed by atoms with van der Waals surface area (Å²) in [4.78, 5) is 2.13. The Kier molecular flexibility index (Phi) is 5.91. The minimum atomic E-state index is -0.211. The van der Waals surface area contributed by atoms with Crippen LogP contribution in [0.2, 0.25) is 0 Å². The number of rotatable bonds is 7. The summed E-state index contributed by atoms with van der Waals surface area (Å²) in [6.45, 7) is 5.23. The summed E-state index contributed by atoms with van der Waals surface area (Å²) in [6.07, 6.45) is 0.815. The molecular weight excluding hydrogens is 243 g/mol. The molecule has 0 aromatic heterocycles. The molecule has 4 heteroatoms. The monoisotopic (exact) mass is 268 g/mol. The van der Waals surface area contributed by atoms with Gasteiger partial charge in [-0.2, -0.15) is 0 Å². The lowest BCUT2D eigenvalue weighted by Crippen LogP contribution is -2.51. The number of methoxy groups -OCH3 is 1. The molecule has 0 radical (unpaired) electrons. The number of hydrogen-bond acceptors (Lipinski definition) is 3. The molecule has 0 fully saturated rings. The number of ether oxygens (including phenoxy) is 1. The molecule has 0 saturated heterocycles. The largest absolute Gasteiger partial charge is 0.385 e. The zero-order valence-corrected chi connectivity index (χ0v) is 12.3. The van der Waals surface area contributed by atoms with E-state index in [-0.39, 0.29) is 17.4 Å². The molecule has 2 atom stereocenters. The van der Waals surface area contributed by atoms with E-state index in [9.17, 15) is 4.39 Å². The highest BCUT2D eigenvalue weighted by atomic mass is 19.1. The summed E-state index contributed by atoms with van der Waals surface area (Å²) in [5, 5.41) is 0. The fourth-order valence-corrected chi connectivity index (χ4v) is 2.23. The number of halogens is 1. The van der Waals surface area contributed by atoms with Crippen molar-refractivity contribution < 1.29 is 9.13 Å². The van der Waals surface area contributed by atoms with Crippen LogP contribution in [-0.4, -0.2) is 37.7 Å². The second-order valence-electron chi connectivity index (χ2n) is 5.25. The lowest BCUT2D eigenvalue weighted by molar-refractivity contribution is 0.0605. The fourth-order valence-electron chi connectivity index (χ4n) is 2.23. The first-order valence-electron chi connectivity index (χ1n) is 6.62. The summed E-state index contributed by atoms with van der Waals surface area (Å²) in [5.41, 5.74) is 6.40. The summed E-state index contributed by atoms with van der Waals surface area (Å²) in [6, 6.07) is 6.85. The number of hydrogen-bond donors (Lipinski definition) is 1. The van der Waals surface area contributed by atoms with Crippen molar-refractivity contribution in [3.63, 3.8) is 0 Å². The van der Waals surface area contributed by atoms with Crippen molar-refractivity contribution in [2.75, 3.05) is 27.3 Å². The first-order chi connectivity index (χ1) is 8.96. The number of likely N-dealkylation sites (N-methyl/N-ethyl adjacent to an activating group) is 1. The molecule has 3 nitrogen and oxygen atoms in total. The minimum absolute atomic E-state index is 0.0355. The zero-order valence-electron chi connectivity index (χ0n) is 12.3. The van der Waals surface area contributed by atoms with Gasteiger partial charge in [0.1, 0.15) is 5.82 Å². The molecule has 0 aliphatic rings. The number of nitrogens with zero attached hydrogens (tertiary/aromatic N) is 1. The van der Waals surface area contributed by atoms with Crippen LogP contribution in [0.5, 0.6) is 0 Å². The van der Waals surface area contributed by atoms with Gasteiger partial charge in [-0.1, -0.05) is 18.2 Å². The molecule has 0 bridgehead atoms. The van der Waals surface area contributed by atoms with E-state index in [1.54, 1.807) is 13.2 Å². The molecule has 1 rings (SSSR count). The van der Waals surface area contributed by atoms with Gasteiger partial charge in [-0.3, -0.25) is 4.90 Å². The third kappa shape index (κ3) is 3.75. The van der Waals surface area contributed by atoms with Crippen molar-refractivity contribution in [3.05, 3.63) is 35.6 Å². The average Bonchev–Trinajstić information content (AvgIpc) is 2.43. The Morgan fingerprint density at radius 2 is 2.05 bits per heavy atom. The van der Waals surface area contributed by atoms with Crippen LogP contribution in [0.1, 0.15) is 31.9 Å². The van der Waals surface area contributed by atoms with Crippen LogP contribution in [-0.2, 0) is 4.74 Å². The Labute approximate surface area is 115 Å². The summed E-state index contributed by atoms with van der Waals surface area (Å²) in [7, 11) is 3.66. The Balaban J connectivity index is 2.91. The Morgan fingerprint density at radius 3 is 2.58 bits per heavy atom. The molecule has 0 amide bonds. The minimum Gasteiger partial charge on any atom is -0.385 e. The van der Waals surface area contributed by atoms with Crippen molar-refractivity contribution in [1.29, 1.82) is 0 Å². The third-order valence-electron chi connectivity index (χ3n) is 4.07. The van der Waals surface area contributed by atoms with Gasteiger partial charge >= 0.3 is 0 Å². The topological polar surface area (TPSA) is 38.5 Å². The van der Waals surface area contributed by atoms with E-state index in [2.05, 4.69) is 11.8 Å². The number of nitrogens with two attached hydrogens (primary N) is 1. The molecular formula is C15H25FN2O. The molecule has 2 unspecified atom stereocenters. The third-order valence-corrected chi connectivity index (χ3v) is 4.07. The fraction of sp³-hybridized carbons (Fsp3) is 0.600.